The van der Waals surface area contributed by atoms with Gasteiger partial charge in [0.15, 0.2) is 6.39 Å². The van der Waals surface area contributed by atoms with E-state index >= 15 is 0 Å². The molecule has 100 valence electrons. The number of para-hydroxylation sites is 2. The van der Waals surface area contributed by atoms with Crippen molar-refractivity contribution in [2.24, 2.45) is 0 Å². The molecule has 1 N–H and O–H groups in total. The quantitative estimate of drug-likeness (QED) is 0.911. The number of benzene rings is 1. The average Bonchev–Trinajstić information content (AvgIpc) is 3.00. The second-order valence-electron chi connectivity index (χ2n) is 4.44. The minimum Gasteiger partial charge on any atom is -0.447 e. The number of oxazole rings is 1. The number of rotatable bonds is 4. The Hall–Kier alpha value is -2.01. The molecule has 1 aliphatic rings. The van der Waals surface area contributed by atoms with Gasteiger partial charge in [0.2, 0.25) is 0 Å². The molecule has 0 aliphatic carbocycles. The Morgan fingerprint density at radius 3 is 2.84 bits per heavy atom. The summed E-state index contributed by atoms with van der Waals surface area (Å²) in [6, 6.07) is 8.31. The summed E-state index contributed by atoms with van der Waals surface area (Å²) in [6.45, 7) is 4.08. The highest BCUT2D eigenvalue weighted by Crippen LogP contribution is 2.26. The van der Waals surface area contributed by atoms with Gasteiger partial charge < -0.3 is 19.4 Å². The van der Waals surface area contributed by atoms with Gasteiger partial charge >= 0.3 is 0 Å². The summed E-state index contributed by atoms with van der Waals surface area (Å²) in [6.07, 6.45) is 3.18. The van der Waals surface area contributed by atoms with Crippen LogP contribution >= 0.6 is 0 Å². The lowest BCUT2D eigenvalue weighted by molar-refractivity contribution is 0.123. The fourth-order valence-electron chi connectivity index (χ4n) is 2.21. The van der Waals surface area contributed by atoms with Crippen molar-refractivity contribution < 1.29 is 9.15 Å². The van der Waals surface area contributed by atoms with Crippen molar-refractivity contribution in [2.45, 2.75) is 6.54 Å². The summed E-state index contributed by atoms with van der Waals surface area (Å²) >= 11 is 0. The molecule has 5 nitrogen and oxygen atoms in total. The number of ether oxygens (including phenoxy) is 1. The molecule has 1 saturated heterocycles. The van der Waals surface area contributed by atoms with Gasteiger partial charge in [0.1, 0.15) is 5.76 Å². The van der Waals surface area contributed by atoms with E-state index in [0.29, 0.717) is 6.54 Å². The summed E-state index contributed by atoms with van der Waals surface area (Å²) in [5.41, 5.74) is 2.33. The first-order valence-corrected chi connectivity index (χ1v) is 6.46. The van der Waals surface area contributed by atoms with Crippen molar-refractivity contribution >= 4 is 11.4 Å². The van der Waals surface area contributed by atoms with Crippen molar-refractivity contribution in [3.63, 3.8) is 0 Å². The molecule has 0 spiro atoms. The lowest BCUT2D eigenvalue weighted by Gasteiger charge is -2.30. The van der Waals surface area contributed by atoms with Crippen LogP contribution in [0.5, 0.6) is 0 Å². The molecule has 1 aromatic heterocycles. The predicted molar refractivity (Wildman–Crippen MR) is 73.3 cm³/mol. The fraction of sp³-hybridized carbons (Fsp3) is 0.357. The highest BCUT2D eigenvalue weighted by atomic mass is 16.5. The average molecular weight is 259 g/mol. The van der Waals surface area contributed by atoms with Crippen LogP contribution in [0.3, 0.4) is 0 Å². The zero-order valence-electron chi connectivity index (χ0n) is 10.7. The fourth-order valence-corrected chi connectivity index (χ4v) is 2.21. The normalized spacial score (nSPS) is 15.5. The molecule has 0 amide bonds. The van der Waals surface area contributed by atoms with E-state index in [9.17, 15) is 0 Å². The molecule has 0 radical (unpaired) electrons. The smallest absolute Gasteiger partial charge is 0.180 e. The van der Waals surface area contributed by atoms with Gasteiger partial charge in [-0.2, -0.15) is 0 Å². The molecule has 0 saturated carbocycles. The van der Waals surface area contributed by atoms with Crippen LogP contribution < -0.4 is 10.2 Å². The molecular formula is C14H17N3O2. The van der Waals surface area contributed by atoms with E-state index in [-0.39, 0.29) is 0 Å². The second-order valence-corrected chi connectivity index (χ2v) is 4.44. The van der Waals surface area contributed by atoms with Crippen LogP contribution in [0.4, 0.5) is 11.4 Å². The van der Waals surface area contributed by atoms with E-state index in [1.165, 1.54) is 12.1 Å². The van der Waals surface area contributed by atoms with Crippen LogP contribution in [0.1, 0.15) is 5.76 Å². The van der Waals surface area contributed by atoms with E-state index < -0.39 is 0 Å². The molecule has 0 bridgehead atoms. The molecule has 1 aromatic carbocycles. The lowest BCUT2D eigenvalue weighted by atomic mass is 10.2. The van der Waals surface area contributed by atoms with Crippen LogP contribution in [0, 0.1) is 0 Å². The van der Waals surface area contributed by atoms with Crippen LogP contribution in [0.25, 0.3) is 0 Å². The van der Waals surface area contributed by atoms with Gasteiger partial charge in [-0.15, -0.1) is 0 Å². The first-order chi connectivity index (χ1) is 9.43. The summed E-state index contributed by atoms with van der Waals surface area (Å²) in [5, 5.41) is 3.40. The number of nitrogens with zero attached hydrogens (tertiary/aromatic N) is 2. The highest BCUT2D eigenvalue weighted by Gasteiger charge is 2.14. The van der Waals surface area contributed by atoms with Crippen molar-refractivity contribution in [1.29, 1.82) is 0 Å². The Bertz CT molecular complexity index is 507. The number of hydrogen-bond acceptors (Lipinski definition) is 5. The monoisotopic (exact) mass is 259 g/mol. The maximum Gasteiger partial charge on any atom is 0.180 e. The van der Waals surface area contributed by atoms with Gasteiger partial charge in [0, 0.05) is 13.1 Å². The zero-order valence-corrected chi connectivity index (χ0v) is 10.7. The minimum atomic E-state index is 0.640. The number of hydrogen-bond donors (Lipinski definition) is 1. The second kappa shape index (κ2) is 5.75. The summed E-state index contributed by atoms with van der Waals surface area (Å²) in [4.78, 5) is 6.25. The Labute approximate surface area is 112 Å². The van der Waals surface area contributed by atoms with Crippen LogP contribution in [0.15, 0.2) is 41.3 Å². The maximum absolute atomic E-state index is 5.39. The largest absolute Gasteiger partial charge is 0.447 e. The zero-order chi connectivity index (χ0) is 12.9. The van der Waals surface area contributed by atoms with Gasteiger partial charge in [-0.05, 0) is 12.1 Å². The number of anilines is 2. The topological polar surface area (TPSA) is 50.5 Å². The summed E-state index contributed by atoms with van der Waals surface area (Å²) in [5.74, 6) is 0.830. The van der Waals surface area contributed by atoms with E-state index in [1.807, 2.05) is 6.07 Å². The van der Waals surface area contributed by atoms with Crippen LogP contribution in [-0.4, -0.2) is 31.3 Å². The number of nitrogens with one attached hydrogen (secondary N) is 1. The highest BCUT2D eigenvalue weighted by molar-refractivity contribution is 5.70. The molecule has 19 heavy (non-hydrogen) atoms. The standard InChI is InChI=1S/C14H17N3O2/c1-2-4-14(17-5-7-18-8-6-17)13(3-1)16-10-12-9-15-11-19-12/h1-4,9,11,16H,5-8,10H2. The van der Waals surface area contributed by atoms with Gasteiger partial charge in [-0.3, -0.25) is 0 Å². The third-order valence-electron chi connectivity index (χ3n) is 3.19. The third-order valence-corrected chi connectivity index (χ3v) is 3.19. The van der Waals surface area contributed by atoms with E-state index in [4.69, 9.17) is 9.15 Å². The molecular weight excluding hydrogens is 242 g/mol. The Balaban J connectivity index is 1.73. The molecule has 2 aromatic rings. The van der Waals surface area contributed by atoms with Crippen LogP contribution in [0.2, 0.25) is 0 Å². The first-order valence-electron chi connectivity index (χ1n) is 6.46. The Morgan fingerprint density at radius 1 is 1.21 bits per heavy atom. The third kappa shape index (κ3) is 2.88. The minimum absolute atomic E-state index is 0.640. The van der Waals surface area contributed by atoms with Crippen molar-refractivity contribution in [1.82, 2.24) is 4.98 Å². The number of aromatic nitrogens is 1. The maximum atomic E-state index is 5.39. The predicted octanol–water partition coefficient (Wildman–Crippen LogP) is 2.12. The molecule has 2 heterocycles. The van der Waals surface area contributed by atoms with Gasteiger partial charge in [0.05, 0.1) is 37.3 Å². The SMILES string of the molecule is c1ccc(N2CCOCC2)c(NCc2cnco2)c1. The molecule has 5 heteroatoms. The lowest BCUT2D eigenvalue weighted by Crippen LogP contribution is -2.36. The molecule has 3 rings (SSSR count). The first kappa shape index (κ1) is 12.0. The van der Waals surface area contributed by atoms with Gasteiger partial charge in [-0.25, -0.2) is 4.98 Å². The molecule has 0 unspecified atom stereocenters. The summed E-state index contributed by atoms with van der Waals surface area (Å²) in [7, 11) is 0. The molecule has 0 atom stereocenters. The van der Waals surface area contributed by atoms with E-state index in [1.54, 1.807) is 6.20 Å². The van der Waals surface area contributed by atoms with E-state index in [2.05, 4.69) is 33.4 Å². The van der Waals surface area contributed by atoms with Gasteiger partial charge in [0.25, 0.3) is 0 Å². The molecule has 1 fully saturated rings. The Morgan fingerprint density at radius 2 is 2.05 bits per heavy atom. The number of morpholine rings is 1. The van der Waals surface area contributed by atoms with Crippen molar-refractivity contribution in [3.8, 4) is 0 Å². The summed E-state index contributed by atoms with van der Waals surface area (Å²) < 4.78 is 10.6. The van der Waals surface area contributed by atoms with Crippen molar-refractivity contribution in [3.05, 3.63) is 42.6 Å². The Kier molecular flexibility index (Phi) is 3.65. The molecule has 1 aliphatic heterocycles. The van der Waals surface area contributed by atoms with Crippen LogP contribution in [-0.2, 0) is 11.3 Å². The van der Waals surface area contributed by atoms with Crippen molar-refractivity contribution in [2.75, 3.05) is 36.5 Å². The van der Waals surface area contributed by atoms with E-state index in [0.717, 1.165) is 37.8 Å². The van der Waals surface area contributed by atoms with Gasteiger partial charge in [-0.1, -0.05) is 12.1 Å².